The predicted molar refractivity (Wildman–Crippen MR) is 85.2 cm³/mol. The first-order valence-electron chi connectivity index (χ1n) is 8.05. The second-order valence-electron chi connectivity index (χ2n) is 6.85. The minimum Gasteiger partial charge on any atom is -0.306 e. The standard InChI is InChI=1S/C15H30N6/c1-5-19-6-8-20(9-7-19)10-11-21-13-14(17-18-21)12-16-15(2,3)4/h13,16H,5-12H2,1-4H3. The Labute approximate surface area is 128 Å². The first kappa shape index (κ1) is 16.4. The van der Waals surface area contributed by atoms with E-state index in [0.29, 0.717) is 0 Å². The van der Waals surface area contributed by atoms with Gasteiger partial charge in [0.1, 0.15) is 0 Å². The number of nitrogens with zero attached hydrogens (tertiary/aromatic N) is 5. The average molecular weight is 294 g/mol. The number of aromatic nitrogens is 3. The zero-order valence-electron chi connectivity index (χ0n) is 14.0. The molecule has 1 aromatic heterocycles. The molecule has 1 N–H and O–H groups in total. The maximum absolute atomic E-state index is 4.23. The number of hydrogen-bond donors (Lipinski definition) is 1. The largest absolute Gasteiger partial charge is 0.306 e. The van der Waals surface area contributed by atoms with E-state index in [0.717, 1.165) is 25.3 Å². The van der Waals surface area contributed by atoms with Gasteiger partial charge in [-0.3, -0.25) is 9.58 Å². The molecule has 0 unspecified atom stereocenters. The van der Waals surface area contributed by atoms with Gasteiger partial charge in [0.2, 0.25) is 0 Å². The van der Waals surface area contributed by atoms with Gasteiger partial charge in [0, 0.05) is 51.0 Å². The van der Waals surface area contributed by atoms with Crippen molar-refractivity contribution in [1.82, 2.24) is 30.1 Å². The first-order valence-corrected chi connectivity index (χ1v) is 8.05. The minimum atomic E-state index is 0.114. The molecule has 6 heteroatoms. The van der Waals surface area contributed by atoms with Gasteiger partial charge in [0.25, 0.3) is 0 Å². The van der Waals surface area contributed by atoms with E-state index >= 15 is 0 Å². The zero-order valence-corrected chi connectivity index (χ0v) is 14.0. The third-order valence-corrected chi connectivity index (χ3v) is 3.94. The third-order valence-electron chi connectivity index (χ3n) is 3.94. The first-order chi connectivity index (χ1) is 9.96. The summed E-state index contributed by atoms with van der Waals surface area (Å²) in [6.45, 7) is 17.4. The topological polar surface area (TPSA) is 49.2 Å². The van der Waals surface area contributed by atoms with Crippen molar-refractivity contribution in [2.75, 3.05) is 39.3 Å². The van der Waals surface area contributed by atoms with E-state index in [1.54, 1.807) is 0 Å². The Balaban J connectivity index is 1.71. The van der Waals surface area contributed by atoms with E-state index in [1.165, 1.54) is 32.7 Å². The van der Waals surface area contributed by atoms with Crippen molar-refractivity contribution in [2.45, 2.75) is 46.3 Å². The summed E-state index contributed by atoms with van der Waals surface area (Å²) in [6, 6.07) is 0. The molecule has 21 heavy (non-hydrogen) atoms. The van der Waals surface area contributed by atoms with Crippen molar-refractivity contribution in [2.24, 2.45) is 0 Å². The van der Waals surface area contributed by atoms with Gasteiger partial charge in [-0.2, -0.15) is 0 Å². The van der Waals surface area contributed by atoms with Crippen molar-refractivity contribution < 1.29 is 0 Å². The number of piperazine rings is 1. The summed E-state index contributed by atoms with van der Waals surface area (Å²) in [7, 11) is 0. The molecule has 0 aliphatic carbocycles. The van der Waals surface area contributed by atoms with Crippen LogP contribution in [0.4, 0.5) is 0 Å². The van der Waals surface area contributed by atoms with E-state index in [-0.39, 0.29) is 5.54 Å². The van der Waals surface area contributed by atoms with Gasteiger partial charge in [-0.05, 0) is 27.3 Å². The van der Waals surface area contributed by atoms with Gasteiger partial charge < -0.3 is 10.2 Å². The molecular weight excluding hydrogens is 264 g/mol. The fourth-order valence-corrected chi connectivity index (χ4v) is 2.46. The molecule has 2 rings (SSSR count). The Morgan fingerprint density at radius 3 is 2.38 bits per heavy atom. The highest BCUT2D eigenvalue weighted by molar-refractivity contribution is 4.93. The molecule has 2 heterocycles. The van der Waals surface area contributed by atoms with Crippen LogP contribution in [0.5, 0.6) is 0 Å². The van der Waals surface area contributed by atoms with Crippen molar-refractivity contribution >= 4 is 0 Å². The Morgan fingerprint density at radius 1 is 1.10 bits per heavy atom. The lowest BCUT2D eigenvalue weighted by molar-refractivity contribution is 0.132. The van der Waals surface area contributed by atoms with Gasteiger partial charge in [-0.25, -0.2) is 0 Å². The molecule has 0 aromatic carbocycles. The van der Waals surface area contributed by atoms with Crippen molar-refractivity contribution in [3.05, 3.63) is 11.9 Å². The van der Waals surface area contributed by atoms with Gasteiger partial charge in [0.15, 0.2) is 0 Å². The van der Waals surface area contributed by atoms with Crippen LogP contribution in [0.1, 0.15) is 33.4 Å². The quantitative estimate of drug-likeness (QED) is 0.841. The predicted octanol–water partition coefficient (Wildman–Crippen LogP) is 0.804. The van der Waals surface area contributed by atoms with Crippen LogP contribution >= 0.6 is 0 Å². The van der Waals surface area contributed by atoms with E-state index in [2.05, 4.69) is 59.3 Å². The molecule has 0 bridgehead atoms. The Morgan fingerprint density at radius 2 is 1.76 bits per heavy atom. The van der Waals surface area contributed by atoms with Gasteiger partial charge in [-0.15, -0.1) is 5.10 Å². The molecule has 120 valence electrons. The van der Waals surface area contributed by atoms with E-state index in [9.17, 15) is 0 Å². The second kappa shape index (κ2) is 7.33. The number of likely N-dealkylation sites (N-methyl/N-ethyl adjacent to an activating group) is 1. The lowest BCUT2D eigenvalue weighted by Crippen LogP contribution is -2.46. The van der Waals surface area contributed by atoms with Crippen LogP contribution in [0.2, 0.25) is 0 Å². The third kappa shape index (κ3) is 5.73. The van der Waals surface area contributed by atoms with Crippen LogP contribution < -0.4 is 5.32 Å². The summed E-state index contributed by atoms with van der Waals surface area (Å²) in [5.41, 5.74) is 1.13. The molecule has 0 spiro atoms. The molecule has 0 saturated carbocycles. The monoisotopic (exact) mass is 294 g/mol. The Kier molecular flexibility index (Phi) is 5.72. The zero-order chi connectivity index (χ0) is 15.3. The van der Waals surface area contributed by atoms with Crippen molar-refractivity contribution in [3.63, 3.8) is 0 Å². The van der Waals surface area contributed by atoms with Crippen LogP contribution in [0, 0.1) is 0 Å². The van der Waals surface area contributed by atoms with Crippen LogP contribution in [-0.4, -0.2) is 69.6 Å². The smallest absolute Gasteiger partial charge is 0.0965 e. The van der Waals surface area contributed by atoms with Gasteiger partial charge in [0.05, 0.1) is 12.2 Å². The molecule has 1 saturated heterocycles. The van der Waals surface area contributed by atoms with E-state index in [1.807, 2.05) is 4.68 Å². The molecule has 1 aliphatic rings. The SMILES string of the molecule is CCN1CCN(CCn2cc(CNC(C)(C)C)nn2)CC1. The van der Waals surface area contributed by atoms with Crippen LogP contribution in [0.15, 0.2) is 6.20 Å². The lowest BCUT2D eigenvalue weighted by Gasteiger charge is -2.33. The molecule has 0 amide bonds. The van der Waals surface area contributed by atoms with E-state index in [4.69, 9.17) is 0 Å². The molecule has 0 atom stereocenters. The minimum absolute atomic E-state index is 0.114. The van der Waals surface area contributed by atoms with Gasteiger partial charge >= 0.3 is 0 Å². The maximum Gasteiger partial charge on any atom is 0.0965 e. The molecule has 1 fully saturated rings. The summed E-state index contributed by atoms with van der Waals surface area (Å²) in [5.74, 6) is 0. The van der Waals surface area contributed by atoms with Crippen LogP contribution in [-0.2, 0) is 13.1 Å². The van der Waals surface area contributed by atoms with Crippen molar-refractivity contribution in [1.29, 1.82) is 0 Å². The van der Waals surface area contributed by atoms with Crippen LogP contribution in [0.3, 0.4) is 0 Å². The lowest BCUT2D eigenvalue weighted by atomic mass is 10.1. The molecule has 1 aliphatic heterocycles. The fraction of sp³-hybridized carbons (Fsp3) is 0.867. The summed E-state index contributed by atoms with van der Waals surface area (Å²) in [4.78, 5) is 5.02. The normalized spacial score (nSPS) is 18.3. The van der Waals surface area contributed by atoms with Crippen molar-refractivity contribution in [3.8, 4) is 0 Å². The highest BCUT2D eigenvalue weighted by Crippen LogP contribution is 2.03. The Hall–Kier alpha value is -0.980. The summed E-state index contributed by atoms with van der Waals surface area (Å²) in [5, 5.41) is 11.9. The van der Waals surface area contributed by atoms with Crippen LogP contribution in [0.25, 0.3) is 0 Å². The van der Waals surface area contributed by atoms with Gasteiger partial charge in [-0.1, -0.05) is 12.1 Å². The summed E-state index contributed by atoms with van der Waals surface area (Å²) < 4.78 is 1.96. The fourth-order valence-electron chi connectivity index (χ4n) is 2.46. The summed E-state index contributed by atoms with van der Waals surface area (Å²) >= 11 is 0. The molecule has 1 aromatic rings. The Bertz CT molecular complexity index is 414. The highest BCUT2D eigenvalue weighted by Gasteiger charge is 2.15. The summed E-state index contributed by atoms with van der Waals surface area (Å²) in [6.07, 6.45) is 2.06. The molecule has 0 radical (unpaired) electrons. The average Bonchev–Trinajstić information content (AvgIpc) is 2.91. The number of hydrogen-bond acceptors (Lipinski definition) is 5. The number of rotatable bonds is 6. The second-order valence-corrected chi connectivity index (χ2v) is 6.85. The number of nitrogens with one attached hydrogen (secondary N) is 1. The van der Waals surface area contributed by atoms with E-state index < -0.39 is 0 Å². The molecular formula is C15H30N6. The molecule has 6 nitrogen and oxygen atoms in total. The highest BCUT2D eigenvalue weighted by atomic mass is 15.4. The maximum atomic E-state index is 4.23.